The molecule has 0 spiro atoms. The largest absolute Gasteiger partial charge is 0.477 e. The van der Waals surface area contributed by atoms with Crippen LogP contribution in [0, 0.1) is 0 Å². The van der Waals surface area contributed by atoms with Crippen LogP contribution in [0.2, 0.25) is 0 Å². The molecule has 0 bridgehead atoms. The van der Waals surface area contributed by atoms with Crippen molar-refractivity contribution in [3.63, 3.8) is 0 Å². The fourth-order valence-corrected chi connectivity index (χ4v) is 2.96. The third-order valence-corrected chi connectivity index (χ3v) is 4.01. The second kappa shape index (κ2) is 7.31. The van der Waals surface area contributed by atoms with E-state index >= 15 is 0 Å². The summed E-state index contributed by atoms with van der Waals surface area (Å²) in [5.41, 5.74) is 0.216. The molecule has 1 saturated heterocycles. The molecule has 3 rings (SSSR count). The highest BCUT2D eigenvalue weighted by molar-refractivity contribution is 5.69. The molecule has 140 valence electrons. The summed E-state index contributed by atoms with van der Waals surface area (Å²) in [6.45, 7) is 8.65. The molecule has 1 fully saturated rings. The summed E-state index contributed by atoms with van der Waals surface area (Å²) in [5, 5.41) is 8.50. The zero-order chi connectivity index (χ0) is 18.7. The molecule has 3 heterocycles. The summed E-state index contributed by atoms with van der Waals surface area (Å²) >= 11 is 0. The average molecular weight is 359 g/mol. The van der Waals surface area contributed by atoms with Gasteiger partial charge < -0.3 is 14.5 Å². The van der Waals surface area contributed by atoms with Gasteiger partial charge in [-0.2, -0.15) is 0 Å². The Balaban J connectivity index is 1.82. The number of amides is 1. The maximum atomic E-state index is 12.5. The van der Waals surface area contributed by atoms with Gasteiger partial charge >= 0.3 is 6.09 Å². The lowest BCUT2D eigenvalue weighted by molar-refractivity contribution is 0.0218. The number of nitrogens with zero attached hydrogens (tertiary/aromatic N) is 4. The molecule has 26 heavy (non-hydrogen) atoms. The SMILES string of the molecule is CCOc1ncccc1-c1nnc([C@@H]2CCCN2C(=O)OC(C)(C)C)[nH]1. The van der Waals surface area contributed by atoms with Crippen LogP contribution in [-0.4, -0.2) is 49.9 Å². The second-order valence-electron chi connectivity index (χ2n) is 7.18. The average Bonchev–Trinajstić information content (AvgIpc) is 3.23. The van der Waals surface area contributed by atoms with Gasteiger partial charge in [-0.05, 0) is 52.7 Å². The van der Waals surface area contributed by atoms with Crippen LogP contribution in [0.15, 0.2) is 18.3 Å². The van der Waals surface area contributed by atoms with Gasteiger partial charge in [-0.15, -0.1) is 10.2 Å². The molecule has 0 aliphatic carbocycles. The summed E-state index contributed by atoms with van der Waals surface area (Å²) in [6.07, 6.45) is 3.07. The first-order chi connectivity index (χ1) is 12.4. The highest BCUT2D eigenvalue weighted by Crippen LogP contribution is 2.33. The number of H-pyrrole nitrogens is 1. The summed E-state index contributed by atoms with van der Waals surface area (Å²) in [5.74, 6) is 1.73. The highest BCUT2D eigenvalue weighted by Gasteiger charge is 2.35. The van der Waals surface area contributed by atoms with Crippen LogP contribution >= 0.6 is 0 Å². The van der Waals surface area contributed by atoms with Crippen LogP contribution in [0.1, 0.15) is 52.4 Å². The van der Waals surface area contributed by atoms with Crippen molar-refractivity contribution in [1.29, 1.82) is 0 Å². The van der Waals surface area contributed by atoms with Crippen LogP contribution in [-0.2, 0) is 4.74 Å². The van der Waals surface area contributed by atoms with E-state index in [2.05, 4.69) is 20.2 Å². The van der Waals surface area contributed by atoms with E-state index in [4.69, 9.17) is 9.47 Å². The summed E-state index contributed by atoms with van der Waals surface area (Å²) in [4.78, 5) is 21.6. The Labute approximate surface area is 152 Å². The summed E-state index contributed by atoms with van der Waals surface area (Å²) in [7, 11) is 0. The van der Waals surface area contributed by atoms with Gasteiger partial charge in [0, 0.05) is 12.7 Å². The molecule has 0 saturated carbocycles. The normalized spacial score (nSPS) is 17.4. The van der Waals surface area contributed by atoms with Gasteiger partial charge in [0.15, 0.2) is 11.6 Å². The van der Waals surface area contributed by atoms with Gasteiger partial charge in [-0.25, -0.2) is 9.78 Å². The van der Waals surface area contributed by atoms with E-state index in [-0.39, 0.29) is 12.1 Å². The number of hydrogen-bond acceptors (Lipinski definition) is 6. The zero-order valence-electron chi connectivity index (χ0n) is 15.7. The molecule has 1 N–H and O–H groups in total. The quantitative estimate of drug-likeness (QED) is 0.900. The number of pyridine rings is 1. The van der Waals surface area contributed by atoms with Crippen molar-refractivity contribution in [2.45, 2.75) is 52.2 Å². The lowest BCUT2D eigenvalue weighted by Crippen LogP contribution is -2.36. The van der Waals surface area contributed by atoms with Gasteiger partial charge in [0.1, 0.15) is 5.60 Å². The second-order valence-corrected chi connectivity index (χ2v) is 7.18. The van der Waals surface area contributed by atoms with Gasteiger partial charge in [0.2, 0.25) is 5.88 Å². The fraction of sp³-hybridized carbons (Fsp3) is 0.556. The van der Waals surface area contributed by atoms with Crippen LogP contribution < -0.4 is 4.74 Å². The molecule has 0 unspecified atom stereocenters. The van der Waals surface area contributed by atoms with Crippen molar-refractivity contribution in [1.82, 2.24) is 25.1 Å². The molecule has 0 radical (unpaired) electrons. The van der Waals surface area contributed by atoms with Gasteiger partial charge in [0.05, 0.1) is 18.2 Å². The smallest absolute Gasteiger partial charge is 0.410 e. The van der Waals surface area contributed by atoms with Gasteiger partial charge in [-0.3, -0.25) is 4.90 Å². The van der Waals surface area contributed by atoms with Crippen LogP contribution in [0.4, 0.5) is 4.79 Å². The standard InChI is InChI=1S/C18H25N5O3/c1-5-25-16-12(8-6-10-19-16)14-20-15(22-21-14)13-9-7-11-23(13)17(24)26-18(2,3)4/h6,8,10,13H,5,7,9,11H2,1-4H3,(H,20,21,22)/t13-/m0/s1. The van der Waals surface area contributed by atoms with Crippen molar-refractivity contribution in [2.75, 3.05) is 13.2 Å². The number of carbonyl (C=O) groups excluding carboxylic acids is 1. The molecule has 2 aromatic rings. The van der Waals surface area contributed by atoms with Crippen molar-refractivity contribution in [3.8, 4) is 17.3 Å². The molecule has 2 aromatic heterocycles. The third kappa shape index (κ3) is 3.95. The Morgan fingerprint density at radius 3 is 2.92 bits per heavy atom. The molecule has 1 aliphatic heterocycles. The lowest BCUT2D eigenvalue weighted by atomic mass is 10.2. The maximum Gasteiger partial charge on any atom is 0.410 e. The van der Waals surface area contributed by atoms with E-state index in [1.807, 2.05) is 39.8 Å². The molecule has 0 aromatic carbocycles. The Bertz CT molecular complexity index is 768. The molecule has 1 atom stereocenters. The molecule has 8 heteroatoms. The minimum atomic E-state index is -0.529. The number of ether oxygens (including phenoxy) is 2. The van der Waals surface area contributed by atoms with E-state index in [9.17, 15) is 4.79 Å². The number of aromatic amines is 1. The zero-order valence-corrected chi connectivity index (χ0v) is 15.7. The van der Waals surface area contributed by atoms with Crippen LogP contribution in [0.3, 0.4) is 0 Å². The van der Waals surface area contributed by atoms with Crippen LogP contribution in [0.25, 0.3) is 11.4 Å². The van der Waals surface area contributed by atoms with E-state index in [0.717, 1.165) is 18.4 Å². The predicted molar refractivity (Wildman–Crippen MR) is 95.7 cm³/mol. The molecule has 1 amide bonds. The summed E-state index contributed by atoms with van der Waals surface area (Å²) < 4.78 is 11.1. The van der Waals surface area contributed by atoms with E-state index in [0.29, 0.717) is 30.7 Å². The van der Waals surface area contributed by atoms with Crippen molar-refractivity contribution >= 4 is 6.09 Å². The Morgan fingerprint density at radius 1 is 1.38 bits per heavy atom. The Morgan fingerprint density at radius 2 is 2.19 bits per heavy atom. The third-order valence-electron chi connectivity index (χ3n) is 4.01. The van der Waals surface area contributed by atoms with E-state index in [1.54, 1.807) is 11.1 Å². The van der Waals surface area contributed by atoms with Crippen molar-refractivity contribution < 1.29 is 14.3 Å². The first kappa shape index (κ1) is 18.2. The minimum absolute atomic E-state index is 0.168. The predicted octanol–water partition coefficient (Wildman–Crippen LogP) is 3.34. The fourth-order valence-electron chi connectivity index (χ4n) is 2.96. The number of aromatic nitrogens is 4. The number of rotatable bonds is 4. The highest BCUT2D eigenvalue weighted by atomic mass is 16.6. The molecule has 1 aliphatic rings. The Kier molecular flexibility index (Phi) is 5.11. The first-order valence-corrected chi connectivity index (χ1v) is 8.89. The maximum absolute atomic E-state index is 12.5. The van der Waals surface area contributed by atoms with Crippen molar-refractivity contribution in [3.05, 3.63) is 24.2 Å². The monoisotopic (exact) mass is 359 g/mol. The van der Waals surface area contributed by atoms with E-state index in [1.165, 1.54) is 0 Å². The first-order valence-electron chi connectivity index (χ1n) is 8.89. The van der Waals surface area contributed by atoms with E-state index < -0.39 is 5.60 Å². The number of carbonyl (C=O) groups is 1. The number of likely N-dealkylation sites (tertiary alicyclic amines) is 1. The summed E-state index contributed by atoms with van der Waals surface area (Å²) in [6, 6.07) is 3.53. The molecular weight excluding hydrogens is 334 g/mol. The number of hydrogen-bond donors (Lipinski definition) is 1. The topological polar surface area (TPSA) is 93.2 Å². The van der Waals surface area contributed by atoms with Gasteiger partial charge in [0.25, 0.3) is 0 Å². The Hall–Kier alpha value is -2.64. The number of nitrogens with one attached hydrogen (secondary N) is 1. The van der Waals surface area contributed by atoms with Crippen LogP contribution in [0.5, 0.6) is 5.88 Å². The lowest BCUT2D eigenvalue weighted by Gasteiger charge is -2.27. The van der Waals surface area contributed by atoms with Gasteiger partial charge in [-0.1, -0.05) is 0 Å². The minimum Gasteiger partial charge on any atom is -0.477 e. The molecular formula is C18H25N5O3. The molecule has 8 nitrogen and oxygen atoms in total. The van der Waals surface area contributed by atoms with Crippen molar-refractivity contribution in [2.24, 2.45) is 0 Å².